The maximum absolute atomic E-state index is 10.8. The van der Waals surface area contributed by atoms with Crippen LogP contribution in [0.2, 0.25) is 0 Å². The Labute approximate surface area is 199 Å². The van der Waals surface area contributed by atoms with E-state index in [4.69, 9.17) is 4.74 Å². The van der Waals surface area contributed by atoms with E-state index in [1.165, 1.54) is 17.5 Å². The van der Waals surface area contributed by atoms with Gasteiger partial charge in [0.2, 0.25) is 5.88 Å². The monoisotopic (exact) mass is 458 g/mol. The number of hydrogen-bond donors (Lipinski definition) is 1. The summed E-state index contributed by atoms with van der Waals surface area (Å²) in [6, 6.07) is 21.6. The summed E-state index contributed by atoms with van der Waals surface area (Å²) in [4.78, 5) is 17.5. The largest absolute Gasteiger partial charge is 0.479 e. The Morgan fingerprint density at radius 1 is 0.853 bits per heavy atom. The molecule has 8 nitrogen and oxygen atoms in total. The van der Waals surface area contributed by atoms with Gasteiger partial charge < -0.3 is 14.4 Å². The fourth-order valence-electron chi connectivity index (χ4n) is 4.84. The van der Waals surface area contributed by atoms with Gasteiger partial charge in [-0.1, -0.05) is 60.7 Å². The van der Waals surface area contributed by atoms with Gasteiger partial charge in [0.1, 0.15) is 6.33 Å². The molecule has 0 radical (unpaired) electrons. The smallest absolute Gasteiger partial charge is 0.243 e. The maximum Gasteiger partial charge on any atom is 0.243 e. The van der Waals surface area contributed by atoms with Crippen LogP contribution in [0.15, 0.2) is 73.3 Å². The number of benzene rings is 2. The fourth-order valence-corrected chi connectivity index (χ4v) is 4.84. The lowest BCUT2D eigenvalue weighted by Gasteiger charge is -2.40. The molecule has 4 aromatic rings. The number of methoxy groups -OCH3 is 1. The van der Waals surface area contributed by atoms with Crippen LogP contribution in [-0.4, -0.2) is 80.4 Å². The molecule has 34 heavy (non-hydrogen) atoms. The van der Waals surface area contributed by atoms with Gasteiger partial charge in [0, 0.05) is 32.7 Å². The summed E-state index contributed by atoms with van der Waals surface area (Å²) in [5, 5.41) is 10.8. The van der Waals surface area contributed by atoms with Gasteiger partial charge in [-0.15, -0.1) is 0 Å². The zero-order valence-electron chi connectivity index (χ0n) is 19.4. The Kier molecular flexibility index (Phi) is 6.80. The van der Waals surface area contributed by atoms with E-state index in [0.717, 1.165) is 26.2 Å². The zero-order valence-corrected chi connectivity index (χ0v) is 19.4. The summed E-state index contributed by atoms with van der Waals surface area (Å²) >= 11 is 0. The highest BCUT2D eigenvalue weighted by atomic mass is 16.5. The van der Waals surface area contributed by atoms with Crippen molar-refractivity contribution in [3.8, 4) is 5.88 Å². The highest BCUT2D eigenvalue weighted by molar-refractivity contribution is 5.76. The standard InChI is InChI=1S/C26H30N6O2/c1-34-26-24-25(27-18-28-26)29-19-32(24)17-22(33)16-30-12-14-31(15-13-30)23(20-8-4-2-5-9-20)21-10-6-3-7-11-21/h2-11,18-19,22-23,33H,12-17H2,1H3/t22-/m0/s1. The molecule has 0 bridgehead atoms. The summed E-state index contributed by atoms with van der Waals surface area (Å²) in [5.41, 5.74) is 3.90. The van der Waals surface area contributed by atoms with Crippen LogP contribution in [0.3, 0.4) is 0 Å². The summed E-state index contributed by atoms with van der Waals surface area (Å²) in [5.74, 6) is 0.469. The van der Waals surface area contributed by atoms with Crippen molar-refractivity contribution in [3.05, 3.63) is 84.4 Å². The molecule has 1 aliphatic rings. The van der Waals surface area contributed by atoms with Crippen molar-refractivity contribution in [2.45, 2.75) is 18.7 Å². The van der Waals surface area contributed by atoms with Crippen LogP contribution in [-0.2, 0) is 6.54 Å². The van der Waals surface area contributed by atoms with Gasteiger partial charge in [0.15, 0.2) is 11.2 Å². The number of β-amino-alcohol motifs (C(OH)–C–C–N with tert-alkyl or cyclic N) is 1. The minimum absolute atomic E-state index is 0.235. The van der Waals surface area contributed by atoms with Crippen molar-refractivity contribution < 1.29 is 9.84 Å². The number of fused-ring (bicyclic) bond motifs is 1. The molecule has 1 atom stereocenters. The lowest BCUT2D eigenvalue weighted by molar-refractivity contribution is 0.0560. The molecule has 5 rings (SSSR count). The number of rotatable bonds is 8. The van der Waals surface area contributed by atoms with Crippen molar-refractivity contribution >= 4 is 11.2 Å². The quantitative estimate of drug-likeness (QED) is 0.435. The van der Waals surface area contributed by atoms with Crippen LogP contribution in [0.4, 0.5) is 0 Å². The van der Waals surface area contributed by atoms with Crippen molar-refractivity contribution in [1.82, 2.24) is 29.3 Å². The lowest BCUT2D eigenvalue weighted by atomic mass is 9.96. The summed E-state index contributed by atoms with van der Waals surface area (Å²) < 4.78 is 7.23. The molecule has 2 aromatic heterocycles. The van der Waals surface area contributed by atoms with E-state index in [9.17, 15) is 5.11 Å². The molecular formula is C26H30N6O2. The van der Waals surface area contributed by atoms with Crippen molar-refractivity contribution in [2.75, 3.05) is 39.8 Å². The maximum atomic E-state index is 10.8. The average molecular weight is 459 g/mol. The number of hydrogen-bond acceptors (Lipinski definition) is 7. The Hall–Kier alpha value is -3.33. The van der Waals surface area contributed by atoms with Gasteiger partial charge in [-0.2, -0.15) is 4.98 Å². The second-order valence-corrected chi connectivity index (χ2v) is 8.67. The molecule has 2 aromatic carbocycles. The molecule has 176 valence electrons. The lowest BCUT2D eigenvalue weighted by Crippen LogP contribution is -2.50. The Morgan fingerprint density at radius 3 is 2.12 bits per heavy atom. The first kappa shape index (κ1) is 22.5. The molecule has 3 heterocycles. The minimum Gasteiger partial charge on any atom is -0.479 e. The summed E-state index contributed by atoms with van der Waals surface area (Å²) in [6.45, 7) is 4.71. The molecule has 1 N–H and O–H groups in total. The molecule has 0 saturated carbocycles. The van der Waals surface area contributed by atoms with E-state index in [1.807, 2.05) is 4.57 Å². The first-order valence-electron chi connectivity index (χ1n) is 11.7. The van der Waals surface area contributed by atoms with Gasteiger partial charge >= 0.3 is 0 Å². The molecular weight excluding hydrogens is 428 g/mol. The van der Waals surface area contributed by atoms with Gasteiger partial charge in [-0.3, -0.25) is 9.80 Å². The molecule has 1 fully saturated rings. The number of ether oxygens (including phenoxy) is 1. The molecule has 1 saturated heterocycles. The van der Waals surface area contributed by atoms with Gasteiger partial charge in [0.25, 0.3) is 0 Å². The third kappa shape index (κ3) is 4.79. The number of piperazine rings is 1. The van der Waals surface area contributed by atoms with E-state index in [1.54, 1.807) is 13.4 Å². The second kappa shape index (κ2) is 10.3. The second-order valence-electron chi connectivity index (χ2n) is 8.67. The van der Waals surface area contributed by atoms with E-state index in [2.05, 4.69) is 85.4 Å². The van der Waals surface area contributed by atoms with Crippen LogP contribution < -0.4 is 4.74 Å². The molecule has 8 heteroatoms. The highest BCUT2D eigenvalue weighted by Crippen LogP contribution is 2.29. The van der Waals surface area contributed by atoms with Crippen LogP contribution in [0.1, 0.15) is 17.2 Å². The highest BCUT2D eigenvalue weighted by Gasteiger charge is 2.27. The van der Waals surface area contributed by atoms with E-state index >= 15 is 0 Å². The number of aromatic nitrogens is 4. The summed E-state index contributed by atoms with van der Waals surface area (Å²) in [7, 11) is 1.58. The number of aliphatic hydroxyl groups is 1. The first-order chi connectivity index (χ1) is 16.7. The Balaban J connectivity index is 1.23. The topological polar surface area (TPSA) is 79.5 Å². The third-order valence-corrected chi connectivity index (χ3v) is 6.45. The molecule has 1 aliphatic heterocycles. The Bertz CT molecular complexity index is 1150. The first-order valence-corrected chi connectivity index (χ1v) is 11.7. The van der Waals surface area contributed by atoms with E-state index in [0.29, 0.717) is 30.1 Å². The van der Waals surface area contributed by atoms with Crippen molar-refractivity contribution in [1.29, 1.82) is 0 Å². The van der Waals surface area contributed by atoms with Crippen LogP contribution in [0.25, 0.3) is 11.2 Å². The number of aliphatic hydroxyl groups excluding tert-OH is 1. The van der Waals surface area contributed by atoms with Gasteiger partial charge in [-0.05, 0) is 11.1 Å². The molecule has 0 unspecified atom stereocenters. The average Bonchev–Trinajstić information content (AvgIpc) is 3.29. The van der Waals surface area contributed by atoms with Crippen LogP contribution >= 0.6 is 0 Å². The normalized spacial score (nSPS) is 16.2. The van der Waals surface area contributed by atoms with Crippen LogP contribution in [0, 0.1) is 0 Å². The van der Waals surface area contributed by atoms with Gasteiger partial charge in [-0.25, -0.2) is 9.97 Å². The number of nitrogens with zero attached hydrogens (tertiary/aromatic N) is 6. The minimum atomic E-state index is -0.534. The number of imidazole rings is 1. The summed E-state index contributed by atoms with van der Waals surface area (Å²) in [6.07, 6.45) is 2.59. The Morgan fingerprint density at radius 2 is 1.50 bits per heavy atom. The van der Waals surface area contributed by atoms with Crippen LogP contribution in [0.5, 0.6) is 5.88 Å². The zero-order chi connectivity index (χ0) is 23.3. The third-order valence-electron chi connectivity index (χ3n) is 6.45. The predicted octanol–water partition coefficient (Wildman–Crippen LogP) is 2.60. The molecule has 0 spiro atoms. The van der Waals surface area contributed by atoms with E-state index in [-0.39, 0.29) is 6.04 Å². The molecule has 0 aliphatic carbocycles. The predicted molar refractivity (Wildman–Crippen MR) is 131 cm³/mol. The van der Waals surface area contributed by atoms with Gasteiger partial charge in [0.05, 0.1) is 32.1 Å². The van der Waals surface area contributed by atoms with E-state index < -0.39 is 6.10 Å². The SMILES string of the molecule is COc1ncnc2ncn(C[C@@H](O)CN3CCN(C(c4ccccc4)c4ccccc4)CC3)c12. The molecule has 0 amide bonds. The van der Waals surface area contributed by atoms with Crippen molar-refractivity contribution in [2.24, 2.45) is 0 Å². The fraction of sp³-hybridized carbons (Fsp3) is 0.346. The van der Waals surface area contributed by atoms with Crippen molar-refractivity contribution in [3.63, 3.8) is 0 Å².